The van der Waals surface area contributed by atoms with Crippen LogP contribution in [0.4, 0.5) is 0 Å². The molecule has 1 aromatic carbocycles. The first-order valence-corrected chi connectivity index (χ1v) is 5.88. The van der Waals surface area contributed by atoms with E-state index in [1.165, 1.54) is 0 Å². The van der Waals surface area contributed by atoms with Crippen LogP contribution in [0.25, 0.3) is 0 Å². The molecule has 2 rings (SSSR count). The van der Waals surface area contributed by atoms with Crippen molar-refractivity contribution in [3.05, 3.63) is 23.8 Å². The Bertz CT molecular complexity index is 392. The number of aliphatic hydroxyl groups is 1. The van der Waals surface area contributed by atoms with Gasteiger partial charge in [-0.25, -0.2) is 0 Å². The third-order valence-electron chi connectivity index (χ3n) is 2.85. The number of rotatable bonds is 3. The average Bonchev–Trinajstić information content (AvgIpc) is 2.29. The normalized spacial score (nSPS) is 23.1. The number of methoxy groups -OCH3 is 1. The molecule has 0 aliphatic carbocycles. The van der Waals surface area contributed by atoms with Crippen LogP contribution in [0.1, 0.15) is 19.4 Å². The van der Waals surface area contributed by atoms with Crippen molar-refractivity contribution in [2.24, 2.45) is 0 Å². The first-order valence-electron chi connectivity index (χ1n) is 5.88. The molecule has 0 saturated heterocycles. The van der Waals surface area contributed by atoms with E-state index < -0.39 is 6.29 Å². The Morgan fingerprint density at radius 1 is 1.47 bits per heavy atom. The number of fused-ring (bicyclic) bond motifs is 1. The Labute approximate surface area is 102 Å². The first-order chi connectivity index (χ1) is 8.10. The van der Waals surface area contributed by atoms with Crippen molar-refractivity contribution >= 4 is 0 Å². The van der Waals surface area contributed by atoms with Crippen molar-refractivity contribution < 1.29 is 14.6 Å². The third kappa shape index (κ3) is 2.70. The lowest BCUT2D eigenvalue weighted by Crippen LogP contribution is -2.49. The van der Waals surface area contributed by atoms with Gasteiger partial charge in [0.25, 0.3) is 0 Å². The standard InChI is InChI=1S/C13H19NO3/c1-8(2)14-11-7-9-6-10(16-3)4-5-12(9)17-13(11)15/h4-6,8,11,13-15H,7H2,1-3H3/t11-,13+/m0/s1. The van der Waals surface area contributed by atoms with E-state index in [1.807, 2.05) is 32.0 Å². The minimum absolute atomic E-state index is 0.0744. The minimum Gasteiger partial charge on any atom is -0.497 e. The zero-order chi connectivity index (χ0) is 12.4. The van der Waals surface area contributed by atoms with Crippen LogP contribution in [0.3, 0.4) is 0 Å². The van der Waals surface area contributed by atoms with Crippen LogP contribution in [0.15, 0.2) is 18.2 Å². The van der Waals surface area contributed by atoms with Crippen LogP contribution in [0.2, 0.25) is 0 Å². The summed E-state index contributed by atoms with van der Waals surface area (Å²) in [5, 5.41) is 13.2. The Hall–Kier alpha value is -1.26. The molecule has 1 aromatic rings. The lowest BCUT2D eigenvalue weighted by Gasteiger charge is -2.32. The highest BCUT2D eigenvalue weighted by Gasteiger charge is 2.28. The van der Waals surface area contributed by atoms with Gasteiger partial charge >= 0.3 is 0 Å². The van der Waals surface area contributed by atoms with Gasteiger partial charge in [0, 0.05) is 6.04 Å². The van der Waals surface area contributed by atoms with Gasteiger partial charge in [-0.1, -0.05) is 13.8 Å². The van der Waals surface area contributed by atoms with Crippen LogP contribution in [0, 0.1) is 0 Å². The van der Waals surface area contributed by atoms with Gasteiger partial charge < -0.3 is 19.9 Å². The highest BCUT2D eigenvalue weighted by atomic mass is 16.6. The van der Waals surface area contributed by atoms with Crippen molar-refractivity contribution in [2.45, 2.75) is 38.6 Å². The van der Waals surface area contributed by atoms with Crippen molar-refractivity contribution in [3.63, 3.8) is 0 Å². The predicted molar refractivity (Wildman–Crippen MR) is 65.4 cm³/mol. The largest absolute Gasteiger partial charge is 0.497 e. The zero-order valence-electron chi connectivity index (χ0n) is 10.4. The minimum atomic E-state index is -0.793. The molecule has 94 valence electrons. The summed E-state index contributed by atoms with van der Waals surface area (Å²) in [5.41, 5.74) is 1.06. The molecule has 0 spiro atoms. The molecule has 0 amide bonds. The first kappa shape index (κ1) is 12.2. The quantitative estimate of drug-likeness (QED) is 0.832. The Morgan fingerprint density at radius 2 is 2.24 bits per heavy atom. The monoisotopic (exact) mass is 237 g/mol. The molecule has 2 atom stereocenters. The SMILES string of the molecule is COc1ccc2c(c1)C[C@H](NC(C)C)[C@H](O)O2. The van der Waals surface area contributed by atoms with Gasteiger partial charge in [-0.2, -0.15) is 0 Å². The van der Waals surface area contributed by atoms with Crippen molar-refractivity contribution in [2.75, 3.05) is 7.11 Å². The van der Waals surface area contributed by atoms with Gasteiger partial charge in [-0.05, 0) is 30.2 Å². The van der Waals surface area contributed by atoms with E-state index in [2.05, 4.69) is 5.32 Å². The van der Waals surface area contributed by atoms with E-state index in [0.717, 1.165) is 23.5 Å². The van der Waals surface area contributed by atoms with Crippen molar-refractivity contribution in [3.8, 4) is 11.5 Å². The number of hydrogen-bond acceptors (Lipinski definition) is 4. The Kier molecular flexibility index (Phi) is 3.54. The number of aliphatic hydroxyl groups excluding tert-OH is 1. The predicted octanol–water partition coefficient (Wildman–Crippen LogP) is 1.32. The Balaban J connectivity index is 2.19. The van der Waals surface area contributed by atoms with Crippen LogP contribution in [-0.4, -0.2) is 30.6 Å². The maximum Gasteiger partial charge on any atom is 0.213 e. The fraction of sp³-hybridized carbons (Fsp3) is 0.538. The summed E-state index contributed by atoms with van der Waals surface area (Å²) in [6.45, 7) is 4.10. The molecule has 2 N–H and O–H groups in total. The van der Waals surface area contributed by atoms with Crippen LogP contribution < -0.4 is 14.8 Å². The molecular weight excluding hydrogens is 218 g/mol. The average molecular weight is 237 g/mol. The van der Waals surface area contributed by atoms with Crippen molar-refractivity contribution in [1.29, 1.82) is 0 Å². The second-order valence-electron chi connectivity index (χ2n) is 4.61. The number of benzene rings is 1. The van der Waals surface area contributed by atoms with Gasteiger partial charge in [0.05, 0.1) is 13.2 Å². The van der Waals surface area contributed by atoms with E-state index in [-0.39, 0.29) is 6.04 Å². The molecule has 0 radical (unpaired) electrons. The van der Waals surface area contributed by atoms with Crippen LogP contribution in [-0.2, 0) is 6.42 Å². The molecule has 0 unspecified atom stereocenters. The van der Waals surface area contributed by atoms with Gasteiger partial charge in [0.15, 0.2) is 0 Å². The third-order valence-corrected chi connectivity index (χ3v) is 2.85. The fourth-order valence-corrected chi connectivity index (χ4v) is 2.08. The molecule has 0 fully saturated rings. The topological polar surface area (TPSA) is 50.7 Å². The molecule has 4 nitrogen and oxygen atoms in total. The van der Waals surface area contributed by atoms with Gasteiger partial charge in [0.2, 0.25) is 6.29 Å². The molecule has 0 bridgehead atoms. The smallest absolute Gasteiger partial charge is 0.213 e. The zero-order valence-corrected chi connectivity index (χ0v) is 10.4. The molecule has 1 aliphatic heterocycles. The summed E-state index contributed by atoms with van der Waals surface area (Å²) >= 11 is 0. The van der Waals surface area contributed by atoms with E-state index in [0.29, 0.717) is 6.04 Å². The molecule has 1 heterocycles. The van der Waals surface area contributed by atoms with Crippen molar-refractivity contribution in [1.82, 2.24) is 5.32 Å². The molecule has 4 heteroatoms. The molecular formula is C13H19NO3. The second kappa shape index (κ2) is 4.94. The van der Waals surface area contributed by atoms with E-state index >= 15 is 0 Å². The summed E-state index contributed by atoms with van der Waals surface area (Å²) in [4.78, 5) is 0. The number of nitrogens with one attached hydrogen (secondary N) is 1. The van der Waals surface area contributed by atoms with Gasteiger partial charge in [-0.3, -0.25) is 0 Å². The Morgan fingerprint density at radius 3 is 2.88 bits per heavy atom. The summed E-state index contributed by atoms with van der Waals surface area (Å²) < 4.78 is 10.7. The van der Waals surface area contributed by atoms with E-state index in [4.69, 9.17) is 9.47 Å². The summed E-state index contributed by atoms with van der Waals surface area (Å²) in [5.74, 6) is 1.55. The lowest BCUT2D eigenvalue weighted by molar-refractivity contribution is -0.0570. The highest BCUT2D eigenvalue weighted by Crippen LogP contribution is 2.30. The summed E-state index contributed by atoms with van der Waals surface area (Å²) in [6, 6.07) is 5.86. The number of ether oxygens (including phenoxy) is 2. The molecule has 1 aliphatic rings. The lowest BCUT2D eigenvalue weighted by atomic mass is 10.0. The summed E-state index contributed by atoms with van der Waals surface area (Å²) in [7, 11) is 1.64. The van der Waals surface area contributed by atoms with E-state index in [9.17, 15) is 5.11 Å². The van der Waals surface area contributed by atoms with Crippen LogP contribution >= 0.6 is 0 Å². The molecule has 17 heavy (non-hydrogen) atoms. The highest BCUT2D eigenvalue weighted by molar-refractivity contribution is 5.42. The second-order valence-corrected chi connectivity index (χ2v) is 4.61. The van der Waals surface area contributed by atoms with E-state index in [1.54, 1.807) is 7.11 Å². The van der Waals surface area contributed by atoms with Crippen LogP contribution in [0.5, 0.6) is 11.5 Å². The van der Waals surface area contributed by atoms with Gasteiger partial charge in [0.1, 0.15) is 11.5 Å². The maximum atomic E-state index is 9.88. The van der Waals surface area contributed by atoms with Gasteiger partial charge in [-0.15, -0.1) is 0 Å². The maximum absolute atomic E-state index is 9.88. The molecule has 0 aromatic heterocycles. The molecule has 0 saturated carbocycles. The fourth-order valence-electron chi connectivity index (χ4n) is 2.08. The number of hydrogen-bond donors (Lipinski definition) is 2. The summed E-state index contributed by atoms with van der Waals surface area (Å²) in [6.07, 6.45) is -0.0513.